The predicted molar refractivity (Wildman–Crippen MR) is 114 cm³/mol. The lowest BCUT2D eigenvalue weighted by atomic mass is 10.2. The van der Waals surface area contributed by atoms with Crippen molar-refractivity contribution in [2.75, 3.05) is 32.8 Å². The van der Waals surface area contributed by atoms with E-state index >= 15 is 0 Å². The van der Waals surface area contributed by atoms with Crippen LogP contribution in [0.2, 0.25) is 0 Å². The molecule has 1 N–H and O–H groups in total. The number of hydrogen-bond acceptors (Lipinski definition) is 4. The van der Waals surface area contributed by atoms with Gasteiger partial charge in [-0.1, -0.05) is 12.1 Å². The number of rotatable bonds is 6. The average Bonchev–Trinajstić information content (AvgIpc) is 3.21. The number of halogens is 4. The SMILES string of the molecule is O=C(c1cc2ccc(OCl)cc2[nH]1)N1CCN(Cc2ccc(OCC(F)(F)F)cc2)CC1. The van der Waals surface area contributed by atoms with Crippen LogP contribution in [-0.2, 0) is 6.54 Å². The van der Waals surface area contributed by atoms with Crippen LogP contribution in [0.3, 0.4) is 0 Å². The van der Waals surface area contributed by atoms with Crippen LogP contribution in [0, 0.1) is 0 Å². The number of piperazine rings is 1. The zero-order valence-electron chi connectivity index (χ0n) is 17.0. The van der Waals surface area contributed by atoms with Crippen molar-refractivity contribution in [1.29, 1.82) is 0 Å². The van der Waals surface area contributed by atoms with Crippen LogP contribution < -0.4 is 9.03 Å². The second-order valence-electron chi connectivity index (χ2n) is 7.63. The molecule has 1 aliphatic rings. The van der Waals surface area contributed by atoms with Crippen LogP contribution in [-0.4, -0.2) is 59.7 Å². The van der Waals surface area contributed by atoms with E-state index in [0.717, 1.165) is 16.5 Å². The van der Waals surface area contributed by atoms with E-state index in [9.17, 15) is 18.0 Å². The van der Waals surface area contributed by atoms with Crippen molar-refractivity contribution in [3.63, 3.8) is 0 Å². The van der Waals surface area contributed by atoms with Crippen molar-refractivity contribution < 1.29 is 27.0 Å². The third-order valence-corrected chi connectivity index (χ3v) is 5.48. The summed E-state index contributed by atoms with van der Waals surface area (Å²) in [4.78, 5) is 20.0. The average molecular weight is 468 g/mol. The summed E-state index contributed by atoms with van der Waals surface area (Å²) in [6.07, 6.45) is -4.36. The first-order valence-corrected chi connectivity index (χ1v) is 10.3. The zero-order valence-corrected chi connectivity index (χ0v) is 17.7. The summed E-state index contributed by atoms with van der Waals surface area (Å²) in [6, 6.07) is 13.7. The molecule has 0 atom stereocenters. The smallest absolute Gasteiger partial charge is 0.422 e. The molecule has 2 heterocycles. The molecule has 4 rings (SSSR count). The van der Waals surface area contributed by atoms with Crippen molar-refractivity contribution >= 4 is 28.7 Å². The summed E-state index contributed by atoms with van der Waals surface area (Å²) in [6.45, 7) is 1.90. The van der Waals surface area contributed by atoms with Crippen LogP contribution in [0.5, 0.6) is 11.5 Å². The van der Waals surface area contributed by atoms with Gasteiger partial charge in [0.15, 0.2) is 6.61 Å². The topological polar surface area (TPSA) is 57.8 Å². The summed E-state index contributed by atoms with van der Waals surface area (Å²) in [5.74, 6) is 0.610. The van der Waals surface area contributed by atoms with E-state index in [1.165, 1.54) is 12.1 Å². The Morgan fingerprint density at radius 2 is 1.69 bits per heavy atom. The summed E-state index contributed by atoms with van der Waals surface area (Å²) >= 11 is 5.39. The molecule has 1 aliphatic heterocycles. The molecular formula is C22H21ClF3N3O3. The van der Waals surface area contributed by atoms with E-state index in [4.69, 9.17) is 20.9 Å². The fourth-order valence-electron chi connectivity index (χ4n) is 3.66. The van der Waals surface area contributed by atoms with Gasteiger partial charge in [-0.15, -0.1) is 0 Å². The van der Waals surface area contributed by atoms with Crippen molar-refractivity contribution in [3.8, 4) is 11.5 Å². The maximum atomic E-state index is 12.9. The Bertz CT molecular complexity index is 1080. The number of H-pyrrole nitrogens is 1. The van der Waals surface area contributed by atoms with Crippen LogP contribution in [0.25, 0.3) is 10.9 Å². The summed E-state index contributed by atoms with van der Waals surface area (Å²) in [5.41, 5.74) is 2.25. The standard InChI is InChI=1S/C22H21ClF3N3O3/c23-32-18-6-3-16-11-20(27-19(16)12-18)21(30)29-9-7-28(8-10-29)13-15-1-4-17(5-2-15)31-14-22(24,25)26/h1-6,11-12,27H,7-10,13-14H2. The third-order valence-electron chi connectivity index (χ3n) is 5.30. The highest BCUT2D eigenvalue weighted by molar-refractivity contribution is 6.09. The van der Waals surface area contributed by atoms with E-state index < -0.39 is 12.8 Å². The number of carbonyl (C=O) groups excluding carboxylic acids is 1. The molecule has 3 aromatic rings. The van der Waals surface area contributed by atoms with Gasteiger partial charge in [0.2, 0.25) is 0 Å². The Labute approximate surface area is 187 Å². The van der Waals surface area contributed by atoms with Crippen molar-refractivity contribution in [2.24, 2.45) is 0 Å². The van der Waals surface area contributed by atoms with Crippen molar-refractivity contribution in [1.82, 2.24) is 14.8 Å². The molecule has 2 aromatic carbocycles. The van der Waals surface area contributed by atoms with E-state index in [-0.39, 0.29) is 11.7 Å². The largest absolute Gasteiger partial charge is 0.484 e. The number of ether oxygens (including phenoxy) is 1. The monoisotopic (exact) mass is 467 g/mol. The highest BCUT2D eigenvalue weighted by atomic mass is 35.5. The number of aromatic nitrogens is 1. The van der Waals surface area contributed by atoms with Gasteiger partial charge in [-0.3, -0.25) is 9.69 Å². The maximum absolute atomic E-state index is 12.9. The molecule has 0 saturated carbocycles. The maximum Gasteiger partial charge on any atom is 0.422 e. The zero-order chi connectivity index (χ0) is 22.7. The fourth-order valence-corrected chi connectivity index (χ4v) is 3.76. The Morgan fingerprint density at radius 3 is 2.34 bits per heavy atom. The molecule has 0 bridgehead atoms. The van der Waals surface area contributed by atoms with Crippen LogP contribution in [0.4, 0.5) is 13.2 Å². The minimum Gasteiger partial charge on any atom is -0.484 e. The predicted octanol–water partition coefficient (Wildman–Crippen LogP) is 4.60. The molecule has 1 amide bonds. The van der Waals surface area contributed by atoms with Gasteiger partial charge in [-0.2, -0.15) is 13.2 Å². The van der Waals surface area contributed by atoms with Gasteiger partial charge >= 0.3 is 6.18 Å². The Kier molecular flexibility index (Phi) is 6.48. The molecule has 1 saturated heterocycles. The highest BCUT2D eigenvalue weighted by Crippen LogP contribution is 2.23. The first-order valence-electron chi connectivity index (χ1n) is 10.0. The third kappa shape index (κ3) is 5.46. The molecule has 6 nitrogen and oxygen atoms in total. The summed E-state index contributed by atoms with van der Waals surface area (Å²) in [7, 11) is 0. The van der Waals surface area contributed by atoms with Crippen LogP contribution in [0.1, 0.15) is 16.1 Å². The van der Waals surface area contributed by atoms with E-state index in [1.54, 1.807) is 29.2 Å². The molecule has 0 radical (unpaired) electrons. The summed E-state index contributed by atoms with van der Waals surface area (Å²) < 4.78 is 46.2. The molecule has 0 spiro atoms. The number of hydrogen-bond donors (Lipinski definition) is 1. The number of alkyl halides is 3. The first kappa shape index (κ1) is 22.3. The number of benzene rings is 2. The summed E-state index contributed by atoms with van der Waals surface area (Å²) in [5, 5.41) is 0.895. The van der Waals surface area contributed by atoms with E-state index in [1.807, 2.05) is 12.1 Å². The fraction of sp³-hybridized carbons (Fsp3) is 0.318. The first-order chi connectivity index (χ1) is 15.3. The molecule has 0 aliphatic carbocycles. The van der Waals surface area contributed by atoms with Gasteiger partial charge in [0.1, 0.15) is 29.1 Å². The van der Waals surface area contributed by atoms with Crippen LogP contribution >= 0.6 is 11.9 Å². The molecule has 10 heteroatoms. The van der Waals surface area contributed by atoms with Gasteiger partial charge in [-0.05, 0) is 35.9 Å². The Morgan fingerprint density at radius 1 is 1.00 bits per heavy atom. The van der Waals surface area contributed by atoms with Gasteiger partial charge in [0.25, 0.3) is 5.91 Å². The molecule has 0 unspecified atom stereocenters. The highest BCUT2D eigenvalue weighted by Gasteiger charge is 2.28. The van der Waals surface area contributed by atoms with E-state index in [0.29, 0.717) is 44.2 Å². The Balaban J connectivity index is 1.30. The minimum absolute atomic E-state index is 0.0691. The molecule has 1 aromatic heterocycles. The van der Waals surface area contributed by atoms with Gasteiger partial charge in [-0.25, -0.2) is 0 Å². The molecule has 170 valence electrons. The lowest BCUT2D eigenvalue weighted by molar-refractivity contribution is -0.153. The quantitative estimate of drug-likeness (QED) is 0.575. The van der Waals surface area contributed by atoms with Crippen LogP contribution in [0.15, 0.2) is 48.5 Å². The molecule has 1 fully saturated rings. The van der Waals surface area contributed by atoms with E-state index in [2.05, 4.69) is 9.88 Å². The Hall–Kier alpha value is -2.91. The second-order valence-corrected chi connectivity index (χ2v) is 7.78. The molecule has 32 heavy (non-hydrogen) atoms. The number of nitrogens with one attached hydrogen (secondary N) is 1. The number of fused-ring (bicyclic) bond motifs is 1. The number of aromatic amines is 1. The molecular weight excluding hydrogens is 447 g/mol. The van der Waals surface area contributed by atoms with Crippen molar-refractivity contribution in [3.05, 3.63) is 59.8 Å². The van der Waals surface area contributed by atoms with Crippen molar-refractivity contribution in [2.45, 2.75) is 12.7 Å². The minimum atomic E-state index is -4.36. The normalized spacial score (nSPS) is 15.2. The number of amides is 1. The number of nitrogens with zero attached hydrogens (tertiary/aromatic N) is 2. The van der Waals surface area contributed by atoms with Gasteiger partial charge < -0.3 is 18.9 Å². The van der Waals surface area contributed by atoms with Gasteiger partial charge in [0, 0.05) is 49.7 Å². The number of carbonyl (C=O) groups is 1. The lowest BCUT2D eigenvalue weighted by Crippen LogP contribution is -2.48. The lowest BCUT2D eigenvalue weighted by Gasteiger charge is -2.34. The second kappa shape index (κ2) is 9.30. The van der Waals surface area contributed by atoms with Gasteiger partial charge in [0.05, 0.1) is 0 Å².